The molecular formula is C8H14N4O3. The minimum absolute atomic E-state index is 0.00256. The summed E-state index contributed by atoms with van der Waals surface area (Å²) in [5.74, 6) is -0.437. The first-order valence-corrected chi connectivity index (χ1v) is 4.70. The maximum Gasteiger partial charge on any atom is 0.253 e. The molecule has 4 N–H and O–H groups in total. The maximum atomic E-state index is 11.1. The fourth-order valence-electron chi connectivity index (χ4n) is 1.29. The summed E-state index contributed by atoms with van der Waals surface area (Å²) >= 11 is 0. The van der Waals surface area contributed by atoms with E-state index in [2.05, 4.69) is 21.5 Å². The number of carbonyl (C=O) groups is 3. The number of nitrogens with one attached hydrogen (secondary N) is 4. The molecule has 0 aromatic rings. The first kappa shape index (κ1) is 11.4. The molecule has 84 valence electrons. The smallest absolute Gasteiger partial charge is 0.253 e. The lowest BCUT2D eigenvalue weighted by molar-refractivity contribution is -0.124. The van der Waals surface area contributed by atoms with Crippen LogP contribution in [0.15, 0.2) is 0 Å². The van der Waals surface area contributed by atoms with Crippen molar-refractivity contribution in [1.29, 1.82) is 0 Å². The van der Waals surface area contributed by atoms with Gasteiger partial charge in [0.2, 0.25) is 12.3 Å². The molecule has 0 radical (unpaired) electrons. The Bertz CT molecular complexity index is 256. The summed E-state index contributed by atoms with van der Waals surface area (Å²) in [5.41, 5.74) is 5.02. The van der Waals surface area contributed by atoms with Crippen LogP contribution < -0.4 is 21.5 Å². The summed E-state index contributed by atoms with van der Waals surface area (Å²) in [6, 6.07) is 0. The monoisotopic (exact) mass is 214 g/mol. The van der Waals surface area contributed by atoms with Gasteiger partial charge in [0, 0.05) is 13.1 Å². The Labute approximate surface area is 86.9 Å². The molecule has 0 aromatic carbocycles. The van der Waals surface area contributed by atoms with Crippen LogP contribution in [0.5, 0.6) is 0 Å². The summed E-state index contributed by atoms with van der Waals surface area (Å²) in [6.45, 7) is 1.01. The zero-order chi connectivity index (χ0) is 11.1. The largest absolute Gasteiger partial charge is 0.356 e. The second-order valence-corrected chi connectivity index (χ2v) is 3.20. The van der Waals surface area contributed by atoms with Gasteiger partial charge in [0.1, 0.15) is 0 Å². The van der Waals surface area contributed by atoms with E-state index in [0.29, 0.717) is 19.5 Å². The molecule has 3 amide bonds. The van der Waals surface area contributed by atoms with E-state index in [0.717, 1.165) is 6.42 Å². The molecule has 1 aliphatic rings. The van der Waals surface area contributed by atoms with Crippen molar-refractivity contribution in [3.63, 3.8) is 0 Å². The third-order valence-corrected chi connectivity index (χ3v) is 2.09. The summed E-state index contributed by atoms with van der Waals surface area (Å²) in [7, 11) is 0. The third-order valence-electron chi connectivity index (χ3n) is 2.09. The van der Waals surface area contributed by atoms with E-state index in [4.69, 9.17) is 0 Å². The van der Waals surface area contributed by atoms with Gasteiger partial charge in [-0.05, 0) is 6.42 Å². The molecule has 7 heteroatoms. The third kappa shape index (κ3) is 3.94. The van der Waals surface area contributed by atoms with E-state index in [-0.39, 0.29) is 24.3 Å². The van der Waals surface area contributed by atoms with Crippen molar-refractivity contribution in [2.75, 3.05) is 19.6 Å². The predicted molar refractivity (Wildman–Crippen MR) is 51.3 cm³/mol. The van der Waals surface area contributed by atoms with Gasteiger partial charge >= 0.3 is 0 Å². The molecule has 1 saturated heterocycles. The molecule has 1 aliphatic heterocycles. The normalized spacial score (nSPS) is 19.5. The van der Waals surface area contributed by atoms with Crippen LogP contribution in [-0.4, -0.2) is 37.9 Å². The summed E-state index contributed by atoms with van der Waals surface area (Å²) < 4.78 is 0. The molecule has 0 unspecified atom stereocenters. The van der Waals surface area contributed by atoms with Crippen molar-refractivity contribution >= 4 is 18.2 Å². The van der Waals surface area contributed by atoms with Crippen molar-refractivity contribution in [2.24, 2.45) is 5.92 Å². The molecule has 7 nitrogen and oxygen atoms in total. The number of rotatable bonds is 6. The number of hydrogen-bond acceptors (Lipinski definition) is 4. The molecule has 0 bridgehead atoms. The number of amides is 3. The predicted octanol–water partition coefficient (Wildman–Crippen LogP) is -2.51. The number of hydrogen-bond donors (Lipinski definition) is 4. The molecule has 1 rings (SSSR count). The van der Waals surface area contributed by atoms with Gasteiger partial charge in [0.25, 0.3) is 5.91 Å². The second kappa shape index (κ2) is 5.97. The Balaban J connectivity index is 2.07. The van der Waals surface area contributed by atoms with Gasteiger partial charge in [-0.25, -0.2) is 5.43 Å². The molecule has 1 fully saturated rings. The first-order chi connectivity index (χ1) is 7.24. The highest BCUT2D eigenvalue weighted by Crippen LogP contribution is 2.06. The van der Waals surface area contributed by atoms with Gasteiger partial charge in [0.05, 0.1) is 12.5 Å². The summed E-state index contributed by atoms with van der Waals surface area (Å²) in [4.78, 5) is 31.9. The second-order valence-electron chi connectivity index (χ2n) is 3.20. The lowest BCUT2D eigenvalue weighted by atomic mass is 10.1. The molecule has 1 atom stereocenters. The Kier molecular flexibility index (Phi) is 4.55. The van der Waals surface area contributed by atoms with E-state index in [9.17, 15) is 14.4 Å². The minimum atomic E-state index is -0.347. The Morgan fingerprint density at radius 2 is 2.40 bits per heavy atom. The number of carbonyl (C=O) groups excluding carboxylic acids is 3. The minimum Gasteiger partial charge on any atom is -0.356 e. The van der Waals surface area contributed by atoms with Crippen molar-refractivity contribution in [2.45, 2.75) is 6.42 Å². The highest BCUT2D eigenvalue weighted by atomic mass is 16.2. The van der Waals surface area contributed by atoms with Crippen LogP contribution in [0, 0.1) is 5.92 Å². The van der Waals surface area contributed by atoms with Crippen molar-refractivity contribution in [3.8, 4) is 0 Å². The topological polar surface area (TPSA) is 99.3 Å². The van der Waals surface area contributed by atoms with Crippen LogP contribution >= 0.6 is 0 Å². The zero-order valence-electron chi connectivity index (χ0n) is 8.21. The lowest BCUT2D eigenvalue weighted by Crippen LogP contribution is -2.45. The molecule has 0 saturated carbocycles. The van der Waals surface area contributed by atoms with Gasteiger partial charge < -0.3 is 10.6 Å². The average molecular weight is 214 g/mol. The molecule has 0 spiro atoms. The van der Waals surface area contributed by atoms with E-state index in [1.54, 1.807) is 0 Å². The standard InChI is InChI=1S/C8H14N4O3/c13-5-9-4-7(14)12-11-3-6-1-2-10-8(6)15/h5-6,11H,1-4H2,(H,9,13)(H,10,15)(H,12,14)/t6-/m0/s1. The van der Waals surface area contributed by atoms with Gasteiger partial charge in [-0.2, -0.15) is 0 Å². The van der Waals surface area contributed by atoms with Crippen LogP contribution in [0.4, 0.5) is 0 Å². The fraction of sp³-hybridized carbons (Fsp3) is 0.625. The molecule has 15 heavy (non-hydrogen) atoms. The Hall–Kier alpha value is -1.63. The highest BCUT2D eigenvalue weighted by molar-refractivity contribution is 5.81. The van der Waals surface area contributed by atoms with Crippen LogP contribution in [0.3, 0.4) is 0 Å². The van der Waals surface area contributed by atoms with Crippen LogP contribution in [0.1, 0.15) is 6.42 Å². The fourth-order valence-corrected chi connectivity index (χ4v) is 1.29. The van der Waals surface area contributed by atoms with E-state index < -0.39 is 0 Å². The quantitative estimate of drug-likeness (QED) is 0.290. The van der Waals surface area contributed by atoms with E-state index >= 15 is 0 Å². The summed E-state index contributed by atoms with van der Waals surface area (Å²) in [5, 5.41) is 4.92. The molecule has 0 aliphatic carbocycles. The highest BCUT2D eigenvalue weighted by Gasteiger charge is 2.23. The maximum absolute atomic E-state index is 11.1. The van der Waals surface area contributed by atoms with Crippen LogP contribution in [-0.2, 0) is 14.4 Å². The molecule has 0 aromatic heterocycles. The van der Waals surface area contributed by atoms with Gasteiger partial charge in [0.15, 0.2) is 0 Å². The first-order valence-electron chi connectivity index (χ1n) is 4.70. The molecule has 1 heterocycles. The van der Waals surface area contributed by atoms with Crippen molar-refractivity contribution < 1.29 is 14.4 Å². The summed E-state index contributed by atoms with van der Waals surface area (Å²) in [6.07, 6.45) is 1.22. The van der Waals surface area contributed by atoms with Gasteiger partial charge in [-0.3, -0.25) is 19.8 Å². The van der Waals surface area contributed by atoms with Gasteiger partial charge in [-0.15, -0.1) is 0 Å². The van der Waals surface area contributed by atoms with Crippen molar-refractivity contribution in [3.05, 3.63) is 0 Å². The zero-order valence-corrected chi connectivity index (χ0v) is 8.21. The van der Waals surface area contributed by atoms with Gasteiger partial charge in [-0.1, -0.05) is 0 Å². The number of hydrazine groups is 1. The Morgan fingerprint density at radius 3 is 3.00 bits per heavy atom. The van der Waals surface area contributed by atoms with Crippen molar-refractivity contribution in [1.82, 2.24) is 21.5 Å². The lowest BCUT2D eigenvalue weighted by Gasteiger charge is -2.09. The van der Waals surface area contributed by atoms with E-state index in [1.807, 2.05) is 0 Å². The Morgan fingerprint density at radius 1 is 1.60 bits per heavy atom. The molecular weight excluding hydrogens is 200 g/mol. The average Bonchev–Trinajstić information content (AvgIpc) is 2.61. The SMILES string of the molecule is O=CNCC(=O)NNC[C@@H]1CCNC1=O. The van der Waals surface area contributed by atoms with Crippen LogP contribution in [0.2, 0.25) is 0 Å². The van der Waals surface area contributed by atoms with Crippen LogP contribution in [0.25, 0.3) is 0 Å². The van der Waals surface area contributed by atoms with E-state index in [1.165, 1.54) is 0 Å².